The van der Waals surface area contributed by atoms with Crippen molar-refractivity contribution in [2.24, 2.45) is 17.3 Å². The standard InChI is InChI=1S/C31H30FNO7/c1-4-5-13-38-30-24-27(40-33-30)26(37-3)19-15-16-14-18-20(32)11-12-21(34)23(18)25(35)22(16)29(31(19,2)28(24)36)39-17-9-7-6-8-10-17/h6-12,16,19,26,34H,4-5,13-15H2,1-3H3/t16-,19-,26-,31-/m0/s1. The summed E-state index contributed by atoms with van der Waals surface area (Å²) in [5.41, 5.74) is -0.882. The number of aromatic hydroxyl groups is 1. The Balaban J connectivity index is 1.57. The summed E-state index contributed by atoms with van der Waals surface area (Å²) < 4.78 is 38.8. The van der Waals surface area contributed by atoms with Gasteiger partial charge in [0.1, 0.15) is 34.7 Å². The van der Waals surface area contributed by atoms with Crippen LogP contribution in [0.5, 0.6) is 17.4 Å². The number of para-hydroxylation sites is 1. The van der Waals surface area contributed by atoms with E-state index < -0.39 is 35.0 Å². The first-order valence-corrected chi connectivity index (χ1v) is 13.5. The Morgan fingerprint density at radius 3 is 2.65 bits per heavy atom. The second-order valence-electron chi connectivity index (χ2n) is 10.8. The number of benzene rings is 2. The number of unbranched alkanes of at least 4 members (excludes halogenated alkanes) is 1. The van der Waals surface area contributed by atoms with Crippen LogP contribution in [0.4, 0.5) is 4.39 Å². The number of aromatic nitrogens is 1. The van der Waals surface area contributed by atoms with Crippen molar-refractivity contribution in [1.29, 1.82) is 0 Å². The fourth-order valence-electron chi connectivity index (χ4n) is 6.49. The fourth-order valence-corrected chi connectivity index (χ4v) is 6.49. The molecule has 0 spiro atoms. The number of halogens is 1. The Morgan fingerprint density at radius 2 is 1.93 bits per heavy atom. The molecule has 1 aromatic heterocycles. The lowest BCUT2D eigenvalue weighted by Gasteiger charge is -2.49. The lowest BCUT2D eigenvalue weighted by atomic mass is 9.54. The minimum atomic E-state index is -1.38. The molecule has 0 amide bonds. The lowest BCUT2D eigenvalue weighted by Crippen LogP contribution is -2.52. The topological polar surface area (TPSA) is 108 Å². The van der Waals surface area contributed by atoms with Crippen molar-refractivity contribution >= 4 is 11.6 Å². The van der Waals surface area contributed by atoms with E-state index in [-0.39, 0.29) is 57.6 Å². The van der Waals surface area contributed by atoms with E-state index in [4.69, 9.17) is 18.7 Å². The second kappa shape index (κ2) is 9.89. The second-order valence-corrected chi connectivity index (χ2v) is 10.8. The third-order valence-corrected chi connectivity index (χ3v) is 8.52. The van der Waals surface area contributed by atoms with Crippen molar-refractivity contribution in [2.75, 3.05) is 13.7 Å². The van der Waals surface area contributed by atoms with Crippen LogP contribution in [0.3, 0.4) is 0 Å². The van der Waals surface area contributed by atoms with Crippen molar-refractivity contribution < 1.29 is 37.8 Å². The van der Waals surface area contributed by atoms with E-state index in [2.05, 4.69) is 5.16 Å². The van der Waals surface area contributed by atoms with E-state index in [1.807, 2.05) is 13.0 Å². The van der Waals surface area contributed by atoms with Crippen LogP contribution in [-0.4, -0.2) is 35.5 Å². The normalized spacial score (nSPS) is 25.1. The molecule has 0 radical (unpaired) electrons. The van der Waals surface area contributed by atoms with Crippen molar-refractivity contribution in [2.45, 2.75) is 45.6 Å². The van der Waals surface area contributed by atoms with Crippen LogP contribution >= 0.6 is 0 Å². The Kier molecular flexibility index (Phi) is 6.49. The van der Waals surface area contributed by atoms with E-state index >= 15 is 0 Å². The van der Waals surface area contributed by atoms with Crippen molar-refractivity contribution in [3.05, 3.63) is 82.1 Å². The summed E-state index contributed by atoms with van der Waals surface area (Å²) in [6.45, 7) is 4.13. The van der Waals surface area contributed by atoms with E-state index in [1.54, 1.807) is 31.2 Å². The quantitative estimate of drug-likeness (QED) is 0.359. The van der Waals surface area contributed by atoms with Crippen LogP contribution in [-0.2, 0) is 11.2 Å². The number of rotatable bonds is 7. The van der Waals surface area contributed by atoms with E-state index in [1.165, 1.54) is 13.2 Å². The number of fused-ring (bicyclic) bond motifs is 4. The molecule has 3 aliphatic rings. The Morgan fingerprint density at radius 1 is 1.15 bits per heavy atom. The molecule has 1 heterocycles. The molecule has 0 unspecified atom stereocenters. The van der Waals surface area contributed by atoms with Crippen LogP contribution in [0, 0.1) is 23.1 Å². The molecule has 2 aromatic carbocycles. The summed E-state index contributed by atoms with van der Waals surface area (Å²) in [6.07, 6.45) is 1.45. The van der Waals surface area contributed by atoms with Gasteiger partial charge in [-0.2, -0.15) is 0 Å². The number of allylic oxidation sites excluding steroid dienone is 2. The highest BCUT2D eigenvalue weighted by molar-refractivity contribution is 6.15. The zero-order valence-electron chi connectivity index (χ0n) is 22.5. The number of methoxy groups -OCH3 is 1. The first-order chi connectivity index (χ1) is 19.3. The number of carbonyl (C=O) groups is 2. The molecular formula is C31H30FNO7. The smallest absolute Gasteiger partial charge is 0.265 e. The minimum Gasteiger partial charge on any atom is -0.507 e. The molecular weight excluding hydrogens is 517 g/mol. The van der Waals surface area contributed by atoms with Crippen molar-refractivity contribution in [3.63, 3.8) is 0 Å². The highest BCUT2D eigenvalue weighted by Crippen LogP contribution is 2.60. The molecule has 6 rings (SSSR count). The number of ether oxygens (including phenoxy) is 3. The number of phenolic OH excluding ortho intramolecular Hbond substituents is 1. The molecule has 3 aromatic rings. The number of ketones is 2. The van der Waals surface area contributed by atoms with Gasteiger partial charge in [-0.15, -0.1) is 0 Å². The zero-order chi connectivity index (χ0) is 28.2. The molecule has 0 saturated heterocycles. The molecule has 0 bridgehead atoms. The molecule has 8 nitrogen and oxygen atoms in total. The van der Waals surface area contributed by atoms with Crippen LogP contribution in [0.2, 0.25) is 0 Å². The van der Waals surface area contributed by atoms with E-state index in [9.17, 15) is 19.1 Å². The van der Waals surface area contributed by atoms with Gasteiger partial charge in [0, 0.05) is 24.2 Å². The number of phenols is 1. The molecule has 4 atom stereocenters. The number of carbonyl (C=O) groups excluding carboxylic acids is 2. The molecule has 0 saturated carbocycles. The lowest BCUT2D eigenvalue weighted by molar-refractivity contribution is -0.0393. The van der Waals surface area contributed by atoms with Crippen LogP contribution in [0.25, 0.3) is 0 Å². The summed E-state index contributed by atoms with van der Waals surface area (Å²) in [7, 11) is 1.53. The van der Waals surface area contributed by atoms with Gasteiger partial charge < -0.3 is 23.8 Å². The molecule has 3 aliphatic carbocycles. The monoisotopic (exact) mass is 547 g/mol. The average molecular weight is 548 g/mol. The van der Waals surface area contributed by atoms with Gasteiger partial charge in [0.05, 0.1) is 17.6 Å². The SMILES string of the molecule is CCCCOc1noc2c1C(=O)[C@@]1(C)C(Oc3ccccc3)=C3C(=O)c4c(O)ccc(F)c4C[C@H]3C[C@H]1[C@@H]2OC. The Labute approximate surface area is 230 Å². The van der Waals surface area contributed by atoms with E-state index in [0.717, 1.165) is 18.9 Å². The summed E-state index contributed by atoms with van der Waals surface area (Å²) in [6, 6.07) is 11.2. The molecule has 40 heavy (non-hydrogen) atoms. The maximum absolute atomic E-state index is 14.9. The molecule has 0 aliphatic heterocycles. The average Bonchev–Trinajstić information content (AvgIpc) is 3.37. The highest BCUT2D eigenvalue weighted by atomic mass is 19.1. The van der Waals surface area contributed by atoms with Crippen molar-refractivity contribution in [1.82, 2.24) is 5.16 Å². The van der Waals surface area contributed by atoms with Gasteiger partial charge in [-0.3, -0.25) is 9.59 Å². The third-order valence-electron chi connectivity index (χ3n) is 8.52. The Bertz CT molecular complexity index is 1530. The number of nitrogens with zero attached hydrogens (tertiary/aromatic N) is 1. The predicted octanol–water partition coefficient (Wildman–Crippen LogP) is 6.00. The van der Waals surface area contributed by atoms with Gasteiger partial charge in [-0.05, 0) is 61.5 Å². The first kappa shape index (κ1) is 26.3. The largest absolute Gasteiger partial charge is 0.507 e. The Hall–Kier alpha value is -3.98. The molecule has 0 fully saturated rings. The third kappa shape index (κ3) is 3.78. The first-order valence-electron chi connectivity index (χ1n) is 13.5. The summed E-state index contributed by atoms with van der Waals surface area (Å²) >= 11 is 0. The highest BCUT2D eigenvalue weighted by Gasteiger charge is 2.62. The van der Waals surface area contributed by atoms with Crippen molar-refractivity contribution in [3.8, 4) is 17.4 Å². The molecule has 1 N–H and O–H groups in total. The number of hydrogen-bond acceptors (Lipinski definition) is 8. The summed E-state index contributed by atoms with van der Waals surface area (Å²) in [4.78, 5) is 28.6. The predicted molar refractivity (Wildman–Crippen MR) is 141 cm³/mol. The zero-order valence-corrected chi connectivity index (χ0v) is 22.5. The molecule has 9 heteroatoms. The van der Waals surface area contributed by atoms with Crippen LogP contribution in [0.15, 0.2) is 58.3 Å². The maximum Gasteiger partial charge on any atom is 0.265 e. The summed E-state index contributed by atoms with van der Waals surface area (Å²) in [5, 5.41) is 14.7. The fraction of sp³-hybridized carbons (Fsp3) is 0.387. The summed E-state index contributed by atoms with van der Waals surface area (Å²) in [5.74, 6) is -1.82. The number of hydrogen-bond donors (Lipinski definition) is 1. The maximum atomic E-state index is 14.9. The minimum absolute atomic E-state index is 0.0846. The van der Waals surface area contributed by atoms with Gasteiger partial charge in [0.25, 0.3) is 5.88 Å². The van der Waals surface area contributed by atoms with Gasteiger partial charge in [-0.25, -0.2) is 4.39 Å². The number of Topliss-reactive ketones (excluding diaryl/α,β-unsaturated/α-hetero) is 2. The van der Waals surface area contributed by atoms with Crippen LogP contribution in [0.1, 0.15) is 71.3 Å². The van der Waals surface area contributed by atoms with Gasteiger partial charge in [0.2, 0.25) is 0 Å². The molecule has 208 valence electrons. The van der Waals surface area contributed by atoms with Crippen LogP contribution < -0.4 is 9.47 Å². The van der Waals surface area contributed by atoms with E-state index in [0.29, 0.717) is 18.8 Å². The van der Waals surface area contributed by atoms with Gasteiger partial charge >= 0.3 is 0 Å². The van der Waals surface area contributed by atoms with Gasteiger partial charge in [-0.1, -0.05) is 31.5 Å². The van der Waals surface area contributed by atoms with Gasteiger partial charge in [0.15, 0.2) is 17.3 Å².